The highest BCUT2D eigenvalue weighted by atomic mass is 16.5. The van der Waals surface area contributed by atoms with Gasteiger partial charge in [-0.1, -0.05) is 0 Å². The minimum absolute atomic E-state index is 0.278. The summed E-state index contributed by atoms with van der Waals surface area (Å²) in [6.45, 7) is 3.55. The Morgan fingerprint density at radius 2 is 2.13 bits per heavy atom. The molecule has 4 nitrogen and oxygen atoms in total. The summed E-state index contributed by atoms with van der Waals surface area (Å²) < 4.78 is 10.3. The Labute approximate surface area is 88.2 Å². The molecule has 4 heteroatoms. The molecule has 0 aliphatic carbocycles. The standard InChI is InChI=1S/C11H13NO3/c1-11(2)10(13)15-9-5-4-7(14-3)6-8(9)12-11/h4-6,12H,1-3H3. The minimum Gasteiger partial charge on any atom is -0.497 e. The lowest BCUT2D eigenvalue weighted by molar-refractivity contribution is -0.139. The van der Waals surface area contributed by atoms with Gasteiger partial charge < -0.3 is 14.8 Å². The quantitative estimate of drug-likeness (QED) is 0.563. The van der Waals surface area contributed by atoms with Gasteiger partial charge in [0.15, 0.2) is 5.75 Å². The van der Waals surface area contributed by atoms with Crippen LogP contribution >= 0.6 is 0 Å². The first-order valence-corrected chi connectivity index (χ1v) is 4.71. The summed E-state index contributed by atoms with van der Waals surface area (Å²) in [5.41, 5.74) is 0.0817. The molecule has 0 amide bonds. The third kappa shape index (κ3) is 1.63. The average molecular weight is 207 g/mol. The number of anilines is 1. The Hall–Kier alpha value is -1.71. The van der Waals surface area contributed by atoms with Crippen LogP contribution in [0.4, 0.5) is 5.69 Å². The van der Waals surface area contributed by atoms with E-state index in [1.54, 1.807) is 33.1 Å². The number of nitrogens with one attached hydrogen (secondary N) is 1. The van der Waals surface area contributed by atoms with Gasteiger partial charge in [-0.15, -0.1) is 0 Å². The number of esters is 1. The molecule has 0 atom stereocenters. The highest BCUT2D eigenvalue weighted by molar-refractivity contribution is 5.90. The highest BCUT2D eigenvalue weighted by Crippen LogP contribution is 2.35. The molecule has 0 radical (unpaired) electrons. The molecule has 2 rings (SSSR count). The van der Waals surface area contributed by atoms with Crippen molar-refractivity contribution in [3.05, 3.63) is 18.2 Å². The maximum atomic E-state index is 11.5. The molecule has 0 saturated carbocycles. The average Bonchev–Trinajstić information content (AvgIpc) is 2.18. The summed E-state index contributed by atoms with van der Waals surface area (Å²) in [5.74, 6) is 0.996. The van der Waals surface area contributed by atoms with Crippen LogP contribution < -0.4 is 14.8 Å². The van der Waals surface area contributed by atoms with Gasteiger partial charge in [0.1, 0.15) is 11.3 Å². The van der Waals surface area contributed by atoms with Crippen molar-refractivity contribution in [3.63, 3.8) is 0 Å². The maximum absolute atomic E-state index is 11.5. The zero-order valence-electron chi connectivity index (χ0n) is 8.96. The third-order valence-electron chi connectivity index (χ3n) is 2.35. The second kappa shape index (κ2) is 3.15. The molecule has 0 aromatic heterocycles. The molecule has 0 bridgehead atoms. The van der Waals surface area contributed by atoms with Crippen molar-refractivity contribution in [1.29, 1.82) is 0 Å². The second-order valence-electron chi connectivity index (χ2n) is 4.00. The summed E-state index contributed by atoms with van der Waals surface area (Å²) in [6.07, 6.45) is 0. The zero-order chi connectivity index (χ0) is 11.1. The zero-order valence-corrected chi connectivity index (χ0v) is 8.96. The Bertz CT molecular complexity index is 412. The largest absolute Gasteiger partial charge is 0.497 e. The van der Waals surface area contributed by atoms with Crippen molar-refractivity contribution in [3.8, 4) is 11.5 Å². The van der Waals surface area contributed by atoms with E-state index in [4.69, 9.17) is 9.47 Å². The van der Waals surface area contributed by atoms with Crippen LogP contribution in [-0.2, 0) is 4.79 Å². The van der Waals surface area contributed by atoms with Gasteiger partial charge in [-0.25, -0.2) is 4.79 Å². The number of rotatable bonds is 1. The molecular formula is C11H13NO3. The van der Waals surface area contributed by atoms with E-state index in [9.17, 15) is 4.79 Å². The normalized spacial score (nSPS) is 17.4. The van der Waals surface area contributed by atoms with Crippen LogP contribution in [0.15, 0.2) is 18.2 Å². The number of ether oxygens (including phenoxy) is 2. The number of benzene rings is 1. The van der Waals surface area contributed by atoms with Gasteiger partial charge in [0.05, 0.1) is 12.8 Å². The van der Waals surface area contributed by atoms with Crippen molar-refractivity contribution in [2.24, 2.45) is 0 Å². The Morgan fingerprint density at radius 1 is 1.40 bits per heavy atom. The molecule has 80 valence electrons. The van der Waals surface area contributed by atoms with Crippen LogP contribution in [0.25, 0.3) is 0 Å². The van der Waals surface area contributed by atoms with E-state index < -0.39 is 5.54 Å². The summed E-state index contributed by atoms with van der Waals surface area (Å²) >= 11 is 0. The van der Waals surface area contributed by atoms with Gasteiger partial charge in [0, 0.05) is 6.07 Å². The lowest BCUT2D eigenvalue weighted by Gasteiger charge is -2.31. The number of carbonyl (C=O) groups excluding carboxylic acids is 1. The monoisotopic (exact) mass is 207 g/mol. The number of hydrogen-bond acceptors (Lipinski definition) is 4. The molecule has 1 aliphatic rings. The van der Waals surface area contributed by atoms with E-state index in [0.717, 1.165) is 11.4 Å². The minimum atomic E-state index is -0.695. The van der Waals surface area contributed by atoms with Crippen LogP contribution in [0.1, 0.15) is 13.8 Å². The van der Waals surface area contributed by atoms with Gasteiger partial charge in [-0.3, -0.25) is 0 Å². The van der Waals surface area contributed by atoms with Gasteiger partial charge in [-0.2, -0.15) is 0 Å². The Morgan fingerprint density at radius 3 is 2.80 bits per heavy atom. The van der Waals surface area contributed by atoms with Crippen LogP contribution in [-0.4, -0.2) is 18.6 Å². The number of carbonyl (C=O) groups is 1. The Kier molecular flexibility index (Phi) is 2.07. The third-order valence-corrected chi connectivity index (χ3v) is 2.35. The summed E-state index contributed by atoms with van der Waals surface area (Å²) in [5, 5.41) is 3.11. The van der Waals surface area contributed by atoms with Crippen molar-refractivity contribution in [2.75, 3.05) is 12.4 Å². The van der Waals surface area contributed by atoms with Crippen molar-refractivity contribution >= 4 is 11.7 Å². The fraction of sp³-hybridized carbons (Fsp3) is 0.364. The van der Waals surface area contributed by atoms with E-state index in [1.165, 1.54) is 0 Å². The molecule has 0 fully saturated rings. The molecule has 1 N–H and O–H groups in total. The van der Waals surface area contributed by atoms with Gasteiger partial charge in [-0.05, 0) is 26.0 Å². The lowest BCUT2D eigenvalue weighted by atomic mass is 10.0. The van der Waals surface area contributed by atoms with Gasteiger partial charge >= 0.3 is 5.97 Å². The predicted molar refractivity (Wildman–Crippen MR) is 56.3 cm³/mol. The molecule has 1 aliphatic heterocycles. The van der Waals surface area contributed by atoms with E-state index in [2.05, 4.69) is 5.32 Å². The molecule has 15 heavy (non-hydrogen) atoms. The fourth-order valence-corrected chi connectivity index (χ4v) is 1.44. The molecule has 1 aromatic rings. The lowest BCUT2D eigenvalue weighted by Crippen LogP contribution is -2.46. The molecule has 0 saturated heterocycles. The molecular weight excluding hydrogens is 194 g/mol. The fourth-order valence-electron chi connectivity index (χ4n) is 1.44. The van der Waals surface area contributed by atoms with E-state index in [0.29, 0.717) is 5.75 Å². The van der Waals surface area contributed by atoms with Crippen molar-refractivity contribution < 1.29 is 14.3 Å². The first kappa shape index (κ1) is 9.83. The topological polar surface area (TPSA) is 47.6 Å². The van der Waals surface area contributed by atoms with Crippen LogP contribution in [0.5, 0.6) is 11.5 Å². The van der Waals surface area contributed by atoms with Gasteiger partial charge in [0.25, 0.3) is 0 Å². The molecule has 0 unspecified atom stereocenters. The van der Waals surface area contributed by atoms with E-state index in [-0.39, 0.29) is 5.97 Å². The SMILES string of the molecule is COc1ccc2c(c1)NC(C)(C)C(=O)O2. The first-order chi connectivity index (χ1) is 7.03. The van der Waals surface area contributed by atoms with Crippen LogP contribution in [0.2, 0.25) is 0 Å². The molecule has 0 spiro atoms. The molecule has 1 heterocycles. The smallest absolute Gasteiger partial charge is 0.336 e. The van der Waals surface area contributed by atoms with E-state index >= 15 is 0 Å². The Balaban J connectivity index is 2.42. The number of fused-ring (bicyclic) bond motifs is 1. The van der Waals surface area contributed by atoms with Crippen LogP contribution in [0.3, 0.4) is 0 Å². The highest BCUT2D eigenvalue weighted by Gasteiger charge is 2.35. The maximum Gasteiger partial charge on any atom is 0.336 e. The first-order valence-electron chi connectivity index (χ1n) is 4.71. The summed E-state index contributed by atoms with van der Waals surface area (Å²) in [4.78, 5) is 11.5. The number of hydrogen-bond donors (Lipinski definition) is 1. The van der Waals surface area contributed by atoms with E-state index in [1.807, 2.05) is 6.07 Å². The second-order valence-corrected chi connectivity index (χ2v) is 4.00. The summed E-state index contributed by atoms with van der Waals surface area (Å²) in [6, 6.07) is 5.28. The number of methoxy groups -OCH3 is 1. The summed E-state index contributed by atoms with van der Waals surface area (Å²) in [7, 11) is 1.60. The van der Waals surface area contributed by atoms with Crippen molar-refractivity contribution in [1.82, 2.24) is 0 Å². The van der Waals surface area contributed by atoms with Gasteiger partial charge in [0.2, 0.25) is 0 Å². The molecule has 1 aromatic carbocycles. The van der Waals surface area contributed by atoms with Crippen molar-refractivity contribution in [2.45, 2.75) is 19.4 Å². The predicted octanol–water partition coefficient (Wildman–Crippen LogP) is 1.80. The van der Waals surface area contributed by atoms with Crippen LogP contribution in [0, 0.1) is 0 Å².